The summed E-state index contributed by atoms with van der Waals surface area (Å²) in [5, 5.41) is 0. The van der Waals surface area contributed by atoms with Crippen LogP contribution in [0.15, 0.2) is 128 Å². The summed E-state index contributed by atoms with van der Waals surface area (Å²) in [6, 6.07) is 47.0. The van der Waals surface area contributed by atoms with Crippen LogP contribution in [-0.4, -0.2) is 15.0 Å². The van der Waals surface area contributed by atoms with Gasteiger partial charge < -0.3 is 15.0 Å². The molecular weight excluding hydrogens is 775 g/mol. The molecule has 49 heavy (non-hydrogen) atoms. The third-order valence-corrected chi connectivity index (χ3v) is 10.3. The molecule has 0 bridgehead atoms. The fraction of sp³-hybridized carbons (Fsp3) is 0.267. The van der Waals surface area contributed by atoms with Crippen LogP contribution in [0.3, 0.4) is 0 Å². The molecule has 0 unspecified atom stereocenters. The third-order valence-electron chi connectivity index (χ3n) is 10.3. The van der Waals surface area contributed by atoms with E-state index >= 15 is 0 Å². The van der Waals surface area contributed by atoms with Gasteiger partial charge in [-0.1, -0.05) is 57.2 Å². The van der Waals surface area contributed by atoms with Crippen molar-refractivity contribution in [3.63, 3.8) is 0 Å². The maximum absolute atomic E-state index is 4.36. The molecule has 4 heteroatoms. The van der Waals surface area contributed by atoms with Crippen LogP contribution in [0.2, 0.25) is 0 Å². The van der Waals surface area contributed by atoms with Crippen LogP contribution in [0, 0.1) is 18.2 Å². The van der Waals surface area contributed by atoms with Crippen LogP contribution >= 0.6 is 0 Å². The Hall–Kier alpha value is -4.24. The zero-order valence-electron chi connectivity index (χ0n) is 28.5. The van der Waals surface area contributed by atoms with E-state index in [4.69, 9.17) is 0 Å². The number of benzene rings is 3. The fourth-order valence-corrected chi connectivity index (χ4v) is 5.96. The fourth-order valence-electron chi connectivity index (χ4n) is 5.96. The van der Waals surface area contributed by atoms with Gasteiger partial charge in [-0.3, -0.25) is 0 Å². The van der Waals surface area contributed by atoms with E-state index in [1.165, 1.54) is 55.2 Å². The molecule has 3 aromatic heterocycles. The summed E-state index contributed by atoms with van der Waals surface area (Å²) in [4.78, 5) is 13.1. The number of hydrogen-bond donors (Lipinski definition) is 0. The Bertz CT molecular complexity index is 1730. The summed E-state index contributed by atoms with van der Waals surface area (Å²) >= 11 is 0. The smallest absolute Gasteiger partial charge is 0.305 e. The molecule has 0 saturated heterocycles. The molecule has 0 amide bonds. The minimum Gasteiger partial charge on any atom is -0.305 e. The van der Waals surface area contributed by atoms with Gasteiger partial charge in [-0.05, 0) is 90.1 Å². The summed E-state index contributed by atoms with van der Waals surface area (Å²) < 4.78 is 0. The van der Waals surface area contributed by atoms with E-state index in [1.807, 2.05) is 91.4 Å². The maximum atomic E-state index is 4.36. The average molecular weight is 817 g/mol. The maximum Gasteiger partial charge on any atom is 3.00 e. The molecule has 3 aliphatic carbocycles. The van der Waals surface area contributed by atoms with Gasteiger partial charge in [-0.2, -0.15) is 0 Å². The number of aromatic nitrogens is 3. The van der Waals surface area contributed by atoms with Crippen molar-refractivity contribution in [3.05, 3.63) is 163 Å². The van der Waals surface area contributed by atoms with E-state index < -0.39 is 0 Å². The first-order valence-corrected chi connectivity index (χ1v) is 17.1. The van der Waals surface area contributed by atoms with Gasteiger partial charge in [0.15, 0.2) is 0 Å². The summed E-state index contributed by atoms with van der Waals surface area (Å²) in [5.41, 5.74) is 11.8. The van der Waals surface area contributed by atoms with Crippen molar-refractivity contribution in [1.29, 1.82) is 0 Å². The molecule has 3 nitrogen and oxygen atoms in total. The Labute approximate surface area is 305 Å². The molecule has 0 N–H and O–H groups in total. The quantitative estimate of drug-likeness (QED) is 0.157. The van der Waals surface area contributed by atoms with E-state index in [0.717, 1.165) is 33.8 Å². The van der Waals surface area contributed by atoms with Gasteiger partial charge in [-0.15, -0.1) is 106 Å². The normalized spacial score (nSPS) is 16.7. The van der Waals surface area contributed by atoms with Gasteiger partial charge in [0.25, 0.3) is 0 Å². The molecule has 9 rings (SSSR count). The summed E-state index contributed by atoms with van der Waals surface area (Å²) in [5.74, 6) is 0. The Kier molecular flexibility index (Phi) is 10.4. The number of rotatable bonds is 6. The van der Waals surface area contributed by atoms with Crippen molar-refractivity contribution < 1.29 is 20.1 Å². The first-order valence-electron chi connectivity index (χ1n) is 17.1. The van der Waals surface area contributed by atoms with Gasteiger partial charge in [0.2, 0.25) is 0 Å². The molecule has 0 radical (unpaired) electrons. The number of pyridine rings is 3. The van der Waals surface area contributed by atoms with Crippen molar-refractivity contribution in [1.82, 2.24) is 15.0 Å². The van der Waals surface area contributed by atoms with Crippen molar-refractivity contribution in [3.8, 4) is 33.8 Å². The van der Waals surface area contributed by atoms with Crippen molar-refractivity contribution >= 4 is 0 Å². The predicted octanol–water partition coefficient (Wildman–Crippen LogP) is 10.8. The summed E-state index contributed by atoms with van der Waals surface area (Å²) in [6.45, 7) is 6.97. The van der Waals surface area contributed by atoms with Crippen LogP contribution in [0.5, 0.6) is 0 Å². The van der Waals surface area contributed by atoms with Crippen molar-refractivity contribution in [2.24, 2.45) is 0 Å². The molecule has 3 aliphatic rings. The molecule has 246 valence electrons. The Balaban J connectivity index is 0.000000126. The van der Waals surface area contributed by atoms with Crippen LogP contribution in [0.25, 0.3) is 33.8 Å². The number of nitrogens with zero attached hydrogens (tertiary/aromatic N) is 3. The van der Waals surface area contributed by atoms with Gasteiger partial charge >= 0.3 is 20.1 Å². The zero-order valence-corrected chi connectivity index (χ0v) is 30.9. The van der Waals surface area contributed by atoms with Crippen LogP contribution < -0.4 is 0 Å². The van der Waals surface area contributed by atoms with Gasteiger partial charge in [-0.25, -0.2) is 0 Å². The topological polar surface area (TPSA) is 38.7 Å². The van der Waals surface area contributed by atoms with Crippen molar-refractivity contribution in [2.75, 3.05) is 0 Å². The third kappa shape index (κ3) is 8.50. The summed E-state index contributed by atoms with van der Waals surface area (Å²) in [6.07, 6.45) is 13.3. The zero-order chi connectivity index (χ0) is 33.0. The van der Waals surface area contributed by atoms with E-state index in [1.54, 1.807) is 0 Å². The van der Waals surface area contributed by atoms with E-state index in [9.17, 15) is 0 Å². The molecule has 0 spiro atoms. The van der Waals surface area contributed by atoms with Gasteiger partial charge in [0.05, 0.1) is 0 Å². The van der Waals surface area contributed by atoms with Crippen LogP contribution in [0.4, 0.5) is 0 Å². The average Bonchev–Trinajstić information content (AvgIpc) is 4.11. The Morgan fingerprint density at radius 2 is 0.714 bits per heavy atom. The number of hydrogen-bond acceptors (Lipinski definition) is 3. The SMILES string of the molecule is CC1(c2cc[c-]c(-c3ccccn3)c2)CC1.CC1(c2cc[c-]c(-c3ccccn3)c2)CC1.CC1(c2cc[c-]c(-c3ccccn3)c2)CC1.[Ir+3]. The summed E-state index contributed by atoms with van der Waals surface area (Å²) in [7, 11) is 0. The van der Waals surface area contributed by atoms with E-state index in [-0.39, 0.29) is 20.1 Å². The van der Waals surface area contributed by atoms with Gasteiger partial charge in [0, 0.05) is 18.6 Å². The van der Waals surface area contributed by atoms with Crippen molar-refractivity contribution in [2.45, 2.75) is 75.5 Å². The Morgan fingerprint density at radius 3 is 0.939 bits per heavy atom. The van der Waals surface area contributed by atoms with Crippen LogP contribution in [0.1, 0.15) is 76.0 Å². The monoisotopic (exact) mass is 817 g/mol. The standard InChI is InChI=1S/3C15H14N.Ir/c3*1-15(8-9-15)13-6-4-5-12(11-13)14-7-2-3-10-16-14;/h3*2-4,6-7,10-11H,8-9H2,1H3;/q3*-1;+3. The second kappa shape index (κ2) is 14.7. The Morgan fingerprint density at radius 1 is 0.429 bits per heavy atom. The van der Waals surface area contributed by atoms with Crippen LogP contribution in [-0.2, 0) is 36.4 Å². The van der Waals surface area contributed by atoms with E-state index in [2.05, 4.69) is 90.3 Å². The second-order valence-electron chi connectivity index (χ2n) is 14.3. The molecule has 3 fully saturated rings. The largest absolute Gasteiger partial charge is 3.00 e. The predicted molar refractivity (Wildman–Crippen MR) is 195 cm³/mol. The molecule has 0 atom stereocenters. The first-order chi connectivity index (χ1) is 23.3. The molecule has 3 aromatic carbocycles. The van der Waals surface area contributed by atoms with E-state index in [0.29, 0.717) is 16.2 Å². The minimum absolute atomic E-state index is 0. The molecule has 6 aromatic rings. The first kappa shape index (κ1) is 34.6. The second-order valence-corrected chi connectivity index (χ2v) is 14.3. The molecule has 0 aliphatic heterocycles. The molecular formula is C45H42IrN3. The molecule has 3 saturated carbocycles. The van der Waals surface area contributed by atoms with Gasteiger partial charge in [0.1, 0.15) is 0 Å². The molecule has 3 heterocycles. The minimum atomic E-state index is 0.